The highest BCUT2D eigenvalue weighted by atomic mass is 35.5. The minimum Gasteiger partial charge on any atom is -0.449 e. The fourth-order valence-electron chi connectivity index (χ4n) is 2.02. The lowest BCUT2D eigenvalue weighted by molar-refractivity contribution is -0.123. The molecule has 27 heavy (non-hydrogen) atoms. The van der Waals surface area contributed by atoms with Crippen molar-refractivity contribution in [2.45, 2.75) is 17.9 Å². The molecule has 0 fully saturated rings. The number of benzene rings is 2. The molecule has 2 N–H and O–H groups in total. The molecular weight excluding hydrogens is 399 g/mol. The van der Waals surface area contributed by atoms with Crippen molar-refractivity contribution in [1.29, 1.82) is 0 Å². The van der Waals surface area contributed by atoms with Gasteiger partial charge in [-0.25, -0.2) is 22.3 Å². The maximum atomic E-state index is 13.0. The van der Waals surface area contributed by atoms with Gasteiger partial charge in [0.05, 0.1) is 21.2 Å². The van der Waals surface area contributed by atoms with Crippen molar-refractivity contribution in [1.82, 2.24) is 4.72 Å². The standard InChI is InChI=1S/C17H16ClFN2O5S/c1-10(16(22)21-15-7-6-12(19)9-14(15)18)26-17(23)11-4-3-5-13(8-11)27(24,25)20-2/h3-10,20H,1-2H3,(H,21,22)/t10-/m1/s1. The van der Waals surface area contributed by atoms with Crippen LogP contribution < -0.4 is 10.0 Å². The van der Waals surface area contributed by atoms with Gasteiger partial charge in [0, 0.05) is 0 Å². The van der Waals surface area contributed by atoms with Crippen LogP contribution in [0.3, 0.4) is 0 Å². The molecule has 0 bridgehead atoms. The number of ether oxygens (including phenoxy) is 1. The molecule has 0 aliphatic heterocycles. The SMILES string of the molecule is CNS(=O)(=O)c1cccc(C(=O)O[C@H](C)C(=O)Nc2ccc(F)cc2Cl)c1. The van der Waals surface area contributed by atoms with Crippen LogP contribution in [0, 0.1) is 5.82 Å². The van der Waals surface area contributed by atoms with E-state index in [1.807, 2.05) is 0 Å². The maximum absolute atomic E-state index is 13.0. The van der Waals surface area contributed by atoms with E-state index < -0.39 is 33.8 Å². The van der Waals surface area contributed by atoms with Crippen LogP contribution in [0.15, 0.2) is 47.4 Å². The van der Waals surface area contributed by atoms with Gasteiger partial charge in [-0.3, -0.25) is 4.79 Å². The maximum Gasteiger partial charge on any atom is 0.338 e. The number of hydrogen-bond donors (Lipinski definition) is 2. The van der Waals surface area contributed by atoms with Crippen LogP contribution in [0.5, 0.6) is 0 Å². The highest BCUT2D eigenvalue weighted by molar-refractivity contribution is 7.89. The second kappa shape index (κ2) is 8.47. The van der Waals surface area contributed by atoms with Crippen LogP contribution in [0.4, 0.5) is 10.1 Å². The van der Waals surface area contributed by atoms with E-state index >= 15 is 0 Å². The van der Waals surface area contributed by atoms with Crippen molar-refractivity contribution >= 4 is 39.2 Å². The van der Waals surface area contributed by atoms with Crippen LogP contribution in [0.1, 0.15) is 17.3 Å². The second-order valence-electron chi connectivity index (χ2n) is 5.40. The minimum atomic E-state index is -3.73. The summed E-state index contributed by atoms with van der Waals surface area (Å²) in [5, 5.41) is 2.41. The van der Waals surface area contributed by atoms with Gasteiger partial charge in [0.25, 0.3) is 5.91 Å². The number of amides is 1. The molecular formula is C17H16ClFN2O5S. The molecule has 2 rings (SSSR count). The summed E-state index contributed by atoms with van der Waals surface area (Å²) in [7, 11) is -2.49. The first-order chi connectivity index (χ1) is 12.6. The van der Waals surface area contributed by atoms with Gasteiger partial charge in [0.1, 0.15) is 5.82 Å². The first-order valence-electron chi connectivity index (χ1n) is 7.64. The molecule has 144 valence electrons. The van der Waals surface area contributed by atoms with Crippen LogP contribution in [-0.4, -0.2) is 33.4 Å². The molecule has 10 heteroatoms. The molecule has 0 spiro atoms. The Morgan fingerprint density at radius 1 is 1.19 bits per heavy atom. The van der Waals surface area contributed by atoms with E-state index in [1.165, 1.54) is 38.2 Å². The van der Waals surface area contributed by atoms with E-state index in [-0.39, 0.29) is 21.2 Å². The zero-order valence-electron chi connectivity index (χ0n) is 14.3. The average molecular weight is 415 g/mol. The molecule has 2 aromatic rings. The number of anilines is 1. The van der Waals surface area contributed by atoms with E-state index in [4.69, 9.17) is 16.3 Å². The first kappa shape index (κ1) is 20.8. The van der Waals surface area contributed by atoms with Crippen molar-refractivity contribution in [2.24, 2.45) is 0 Å². The van der Waals surface area contributed by atoms with E-state index in [2.05, 4.69) is 10.0 Å². The summed E-state index contributed by atoms with van der Waals surface area (Å²) in [5.41, 5.74) is 0.124. The molecule has 0 radical (unpaired) electrons. The zero-order valence-corrected chi connectivity index (χ0v) is 15.9. The van der Waals surface area contributed by atoms with Gasteiger partial charge in [-0.1, -0.05) is 17.7 Å². The summed E-state index contributed by atoms with van der Waals surface area (Å²) < 4.78 is 43.8. The summed E-state index contributed by atoms with van der Waals surface area (Å²) in [6, 6.07) is 8.61. The third kappa shape index (κ3) is 5.25. The number of rotatable bonds is 6. The van der Waals surface area contributed by atoms with E-state index in [0.717, 1.165) is 18.2 Å². The molecule has 1 amide bonds. The zero-order chi connectivity index (χ0) is 20.2. The van der Waals surface area contributed by atoms with E-state index in [1.54, 1.807) is 0 Å². The van der Waals surface area contributed by atoms with Crippen LogP contribution in [-0.2, 0) is 19.6 Å². The topological polar surface area (TPSA) is 102 Å². The number of nitrogens with one attached hydrogen (secondary N) is 2. The van der Waals surface area contributed by atoms with Crippen molar-refractivity contribution in [3.63, 3.8) is 0 Å². The fourth-order valence-corrected chi connectivity index (χ4v) is 3.01. The highest BCUT2D eigenvalue weighted by Crippen LogP contribution is 2.22. The molecule has 0 unspecified atom stereocenters. The summed E-state index contributed by atoms with van der Waals surface area (Å²) in [5.74, 6) is -2.12. The summed E-state index contributed by atoms with van der Waals surface area (Å²) >= 11 is 5.83. The molecule has 0 saturated carbocycles. The lowest BCUT2D eigenvalue weighted by Crippen LogP contribution is -2.30. The van der Waals surface area contributed by atoms with Crippen molar-refractivity contribution < 1.29 is 27.1 Å². The van der Waals surface area contributed by atoms with Gasteiger partial charge < -0.3 is 10.1 Å². The quantitative estimate of drug-likeness (QED) is 0.707. The van der Waals surface area contributed by atoms with Crippen LogP contribution >= 0.6 is 11.6 Å². The predicted molar refractivity (Wildman–Crippen MR) is 97.6 cm³/mol. The normalized spacial score (nSPS) is 12.3. The number of sulfonamides is 1. The van der Waals surface area contributed by atoms with Gasteiger partial charge in [0.2, 0.25) is 10.0 Å². The molecule has 0 aliphatic rings. The van der Waals surface area contributed by atoms with Gasteiger partial charge in [-0.2, -0.15) is 0 Å². The van der Waals surface area contributed by atoms with Crippen LogP contribution in [0.25, 0.3) is 0 Å². The molecule has 0 heterocycles. The monoisotopic (exact) mass is 414 g/mol. The Labute approximate surface area is 160 Å². The van der Waals surface area contributed by atoms with Crippen molar-refractivity contribution in [2.75, 3.05) is 12.4 Å². The molecule has 0 aromatic heterocycles. The van der Waals surface area contributed by atoms with Gasteiger partial charge in [0.15, 0.2) is 6.10 Å². The van der Waals surface area contributed by atoms with E-state index in [9.17, 15) is 22.4 Å². The third-order valence-corrected chi connectivity index (χ3v) is 5.22. The Hall–Kier alpha value is -2.49. The minimum absolute atomic E-state index is 0.00755. The number of carbonyl (C=O) groups excluding carboxylic acids is 2. The number of carbonyl (C=O) groups is 2. The Morgan fingerprint density at radius 2 is 1.89 bits per heavy atom. The molecule has 1 atom stereocenters. The highest BCUT2D eigenvalue weighted by Gasteiger charge is 2.21. The lowest BCUT2D eigenvalue weighted by Gasteiger charge is -2.14. The Morgan fingerprint density at radius 3 is 2.52 bits per heavy atom. The summed E-state index contributed by atoms with van der Waals surface area (Å²) in [6.07, 6.45) is -1.21. The van der Waals surface area contributed by atoms with Crippen molar-refractivity contribution in [3.8, 4) is 0 Å². The number of halogens is 2. The molecule has 7 nitrogen and oxygen atoms in total. The van der Waals surface area contributed by atoms with Gasteiger partial charge >= 0.3 is 5.97 Å². The Kier molecular flexibility index (Phi) is 6.53. The predicted octanol–water partition coefficient (Wildman–Crippen LogP) is 2.57. The molecule has 0 aliphatic carbocycles. The average Bonchev–Trinajstić information content (AvgIpc) is 2.63. The Balaban J connectivity index is 2.09. The number of hydrogen-bond acceptors (Lipinski definition) is 5. The van der Waals surface area contributed by atoms with Gasteiger partial charge in [-0.05, 0) is 50.4 Å². The third-order valence-electron chi connectivity index (χ3n) is 3.49. The first-order valence-corrected chi connectivity index (χ1v) is 9.50. The van der Waals surface area contributed by atoms with Crippen molar-refractivity contribution in [3.05, 3.63) is 58.9 Å². The van der Waals surface area contributed by atoms with Gasteiger partial charge in [-0.15, -0.1) is 0 Å². The summed E-state index contributed by atoms with van der Waals surface area (Å²) in [6.45, 7) is 1.33. The summed E-state index contributed by atoms with van der Waals surface area (Å²) in [4.78, 5) is 24.2. The van der Waals surface area contributed by atoms with Crippen LogP contribution in [0.2, 0.25) is 5.02 Å². The Bertz CT molecular complexity index is 981. The second-order valence-corrected chi connectivity index (χ2v) is 7.69. The number of esters is 1. The molecule has 0 saturated heterocycles. The fraction of sp³-hybridized carbons (Fsp3) is 0.176. The largest absolute Gasteiger partial charge is 0.449 e. The molecule has 2 aromatic carbocycles. The van der Waals surface area contributed by atoms with E-state index in [0.29, 0.717) is 0 Å². The smallest absolute Gasteiger partial charge is 0.338 e. The lowest BCUT2D eigenvalue weighted by atomic mass is 10.2.